The number of H-pyrrole nitrogens is 1. The van der Waals surface area contributed by atoms with Crippen molar-refractivity contribution in [3.8, 4) is 17.2 Å². The van der Waals surface area contributed by atoms with Crippen LogP contribution in [0.4, 0.5) is 13.9 Å². The summed E-state index contributed by atoms with van der Waals surface area (Å²) in [6.07, 6.45) is 3.05. The van der Waals surface area contributed by atoms with E-state index in [1.807, 2.05) is 14.1 Å². The number of rotatable bonds is 7. The molecule has 1 N–H and O–H groups in total. The zero-order valence-corrected chi connectivity index (χ0v) is 22.1. The lowest BCUT2D eigenvalue weighted by Gasteiger charge is -2.11. The molecule has 0 atom stereocenters. The van der Waals surface area contributed by atoms with Gasteiger partial charge in [0.05, 0.1) is 16.6 Å². The third kappa shape index (κ3) is 4.60. The number of fused-ring (bicyclic) bond motifs is 2. The summed E-state index contributed by atoms with van der Waals surface area (Å²) in [4.78, 5) is 41.0. The van der Waals surface area contributed by atoms with Crippen molar-refractivity contribution in [2.45, 2.75) is 6.42 Å². The highest BCUT2D eigenvalue weighted by atomic mass is 32.1. The van der Waals surface area contributed by atoms with E-state index in [1.165, 1.54) is 58.4 Å². The monoisotopic (exact) mass is 557 g/mol. The molecule has 0 bridgehead atoms. The second kappa shape index (κ2) is 10.0. The molecule has 0 unspecified atom stereocenters. The SMILES string of the molecule is CN(C)c1nc2cc(C(=O)Cc3ccc(Oc4ccnc5[nH]ccc45)c(F)c3)c(=O)n(-c3ccc(F)cc3)c2s1. The van der Waals surface area contributed by atoms with E-state index < -0.39 is 23.0 Å². The number of ether oxygens (including phenoxy) is 1. The normalized spacial score (nSPS) is 11.3. The first kappa shape index (κ1) is 25.4. The second-order valence-corrected chi connectivity index (χ2v) is 10.2. The first-order valence-electron chi connectivity index (χ1n) is 12.2. The number of hydrogen-bond acceptors (Lipinski definition) is 7. The third-order valence-corrected chi connectivity index (χ3v) is 7.53. The minimum atomic E-state index is -0.653. The van der Waals surface area contributed by atoms with Gasteiger partial charge in [0.1, 0.15) is 27.6 Å². The number of hydrogen-bond donors (Lipinski definition) is 1. The van der Waals surface area contributed by atoms with Crippen LogP contribution in [0.5, 0.6) is 11.5 Å². The van der Waals surface area contributed by atoms with Crippen molar-refractivity contribution < 1.29 is 18.3 Å². The Morgan fingerprint density at radius 3 is 2.60 bits per heavy atom. The summed E-state index contributed by atoms with van der Waals surface area (Å²) in [6, 6.07) is 14.5. The van der Waals surface area contributed by atoms with Crippen LogP contribution >= 0.6 is 11.3 Å². The fourth-order valence-electron chi connectivity index (χ4n) is 4.35. The summed E-state index contributed by atoms with van der Waals surface area (Å²) in [7, 11) is 3.64. The van der Waals surface area contributed by atoms with Gasteiger partial charge in [-0.1, -0.05) is 17.4 Å². The third-order valence-electron chi connectivity index (χ3n) is 6.31. The summed E-state index contributed by atoms with van der Waals surface area (Å²) < 4.78 is 35.8. The number of carbonyl (C=O) groups is 1. The number of Topliss-reactive ketones (excluding diaryl/α,β-unsaturated/α-hetero) is 1. The van der Waals surface area contributed by atoms with Crippen molar-refractivity contribution in [3.63, 3.8) is 0 Å². The lowest BCUT2D eigenvalue weighted by atomic mass is 10.0. The Hall–Kier alpha value is -4.90. The molecule has 0 radical (unpaired) electrons. The molecule has 4 aromatic heterocycles. The van der Waals surface area contributed by atoms with E-state index in [1.54, 1.807) is 35.5 Å². The van der Waals surface area contributed by atoms with E-state index in [2.05, 4.69) is 15.0 Å². The number of benzene rings is 2. The molecule has 0 aliphatic carbocycles. The van der Waals surface area contributed by atoms with Gasteiger partial charge in [0, 0.05) is 32.9 Å². The largest absolute Gasteiger partial charge is 0.453 e. The molecule has 6 aromatic rings. The topological polar surface area (TPSA) is 93.1 Å². The highest BCUT2D eigenvalue weighted by Crippen LogP contribution is 2.31. The Kier molecular flexibility index (Phi) is 6.35. The zero-order valence-electron chi connectivity index (χ0n) is 21.3. The summed E-state index contributed by atoms with van der Waals surface area (Å²) in [5, 5.41) is 1.34. The molecular weight excluding hydrogens is 536 g/mol. The van der Waals surface area contributed by atoms with E-state index in [9.17, 15) is 14.0 Å². The van der Waals surface area contributed by atoms with E-state index in [4.69, 9.17) is 4.74 Å². The number of thiazole rings is 1. The van der Waals surface area contributed by atoms with E-state index in [0.29, 0.717) is 43.5 Å². The lowest BCUT2D eigenvalue weighted by Crippen LogP contribution is -2.26. The average Bonchev–Trinajstić information content (AvgIpc) is 3.58. The molecule has 0 spiro atoms. The van der Waals surface area contributed by atoms with Crippen molar-refractivity contribution in [3.05, 3.63) is 106 Å². The first-order valence-corrected chi connectivity index (χ1v) is 13.0. The van der Waals surface area contributed by atoms with Gasteiger partial charge in [-0.15, -0.1) is 0 Å². The summed E-state index contributed by atoms with van der Waals surface area (Å²) >= 11 is 1.28. The number of pyridine rings is 2. The number of carbonyl (C=O) groups excluding carboxylic acids is 1. The van der Waals surface area contributed by atoms with Gasteiger partial charge in [0.15, 0.2) is 22.5 Å². The molecule has 40 heavy (non-hydrogen) atoms. The van der Waals surface area contributed by atoms with Crippen molar-refractivity contribution >= 4 is 43.6 Å². The smallest absolute Gasteiger partial charge is 0.267 e. The minimum absolute atomic E-state index is 0.0105. The molecule has 0 aliphatic heterocycles. The van der Waals surface area contributed by atoms with Crippen LogP contribution in [0.3, 0.4) is 0 Å². The maximum absolute atomic E-state index is 15.0. The van der Waals surface area contributed by atoms with Crippen LogP contribution in [-0.4, -0.2) is 39.4 Å². The Morgan fingerprint density at radius 2 is 1.85 bits per heavy atom. The Morgan fingerprint density at radius 1 is 1.05 bits per heavy atom. The second-order valence-electron chi connectivity index (χ2n) is 9.27. The lowest BCUT2D eigenvalue weighted by molar-refractivity contribution is 0.0991. The van der Waals surface area contributed by atoms with Gasteiger partial charge in [0.25, 0.3) is 5.56 Å². The number of nitrogens with zero attached hydrogens (tertiary/aromatic N) is 4. The van der Waals surface area contributed by atoms with E-state index >= 15 is 4.39 Å². The molecule has 0 aliphatic rings. The zero-order chi connectivity index (χ0) is 28.0. The molecule has 0 saturated carbocycles. The van der Waals surface area contributed by atoms with Crippen LogP contribution in [-0.2, 0) is 6.42 Å². The quantitative estimate of drug-likeness (QED) is 0.246. The first-order chi connectivity index (χ1) is 19.3. The molecular formula is C29H21F2N5O3S. The Bertz CT molecular complexity index is 1960. The molecule has 0 saturated heterocycles. The van der Waals surface area contributed by atoms with Gasteiger partial charge in [-0.2, -0.15) is 0 Å². The molecule has 0 fully saturated rings. The number of anilines is 1. The van der Waals surface area contributed by atoms with Crippen LogP contribution in [0.25, 0.3) is 27.1 Å². The molecule has 200 valence electrons. The fraction of sp³-hybridized carbons (Fsp3) is 0.103. The number of ketones is 1. The van der Waals surface area contributed by atoms with E-state index in [0.717, 1.165) is 0 Å². The number of halogens is 2. The van der Waals surface area contributed by atoms with Crippen molar-refractivity contribution in [2.24, 2.45) is 0 Å². The van der Waals surface area contributed by atoms with E-state index in [-0.39, 0.29) is 17.7 Å². The summed E-state index contributed by atoms with van der Waals surface area (Å²) in [5.74, 6) is -1.18. The number of aromatic nitrogens is 4. The van der Waals surface area contributed by atoms with Crippen LogP contribution in [0, 0.1) is 11.6 Å². The number of nitrogens with one attached hydrogen (secondary N) is 1. The van der Waals surface area contributed by atoms with Gasteiger partial charge in [-0.05, 0) is 60.2 Å². The van der Waals surface area contributed by atoms with Crippen LogP contribution < -0.4 is 15.2 Å². The van der Waals surface area contributed by atoms with Crippen LogP contribution in [0.2, 0.25) is 0 Å². The molecule has 11 heteroatoms. The molecule has 8 nitrogen and oxygen atoms in total. The average molecular weight is 558 g/mol. The standard InChI is InChI=1S/C29H21F2N5O3S/c1-35(2)29-34-22-15-20(27(38)36(28(22)40-29)18-6-4-17(30)5-7-18)23(37)14-16-3-8-25(21(31)13-16)39-24-10-12-33-26-19(24)9-11-32-26/h3-13,15H,14H2,1-2H3,(H,32,33). The van der Waals surface area contributed by atoms with Crippen molar-refractivity contribution in [1.82, 2.24) is 19.5 Å². The minimum Gasteiger partial charge on any atom is -0.453 e. The van der Waals surface area contributed by atoms with Gasteiger partial charge in [-0.25, -0.2) is 18.7 Å². The summed E-state index contributed by atoms with van der Waals surface area (Å²) in [6.45, 7) is 0. The molecule has 2 aromatic carbocycles. The number of aromatic amines is 1. The Labute approximate surface area is 230 Å². The maximum Gasteiger partial charge on any atom is 0.267 e. The molecule has 6 rings (SSSR count). The summed E-state index contributed by atoms with van der Waals surface area (Å²) in [5.41, 5.74) is 1.17. The van der Waals surface area contributed by atoms with Gasteiger partial charge in [-0.3, -0.25) is 14.2 Å². The van der Waals surface area contributed by atoms with Crippen molar-refractivity contribution in [1.29, 1.82) is 0 Å². The van der Waals surface area contributed by atoms with Crippen molar-refractivity contribution in [2.75, 3.05) is 19.0 Å². The predicted molar refractivity (Wildman–Crippen MR) is 150 cm³/mol. The molecule has 0 amide bonds. The van der Waals surface area contributed by atoms with Crippen LogP contribution in [0.15, 0.2) is 77.9 Å². The van der Waals surface area contributed by atoms with Gasteiger partial charge < -0.3 is 14.6 Å². The molecule has 4 heterocycles. The highest BCUT2D eigenvalue weighted by Gasteiger charge is 2.21. The highest BCUT2D eigenvalue weighted by molar-refractivity contribution is 7.21. The van der Waals surface area contributed by atoms with Gasteiger partial charge in [0.2, 0.25) is 0 Å². The Balaban J connectivity index is 1.34. The van der Waals surface area contributed by atoms with Crippen LogP contribution in [0.1, 0.15) is 15.9 Å². The predicted octanol–water partition coefficient (Wildman–Crippen LogP) is 5.89. The maximum atomic E-state index is 15.0. The van der Waals surface area contributed by atoms with Gasteiger partial charge >= 0.3 is 0 Å². The fourth-order valence-corrected chi connectivity index (χ4v) is 5.34.